The summed E-state index contributed by atoms with van der Waals surface area (Å²) in [5, 5.41) is 13.0. The Balaban J connectivity index is 1.54. The van der Waals surface area contributed by atoms with Crippen LogP contribution in [0.25, 0.3) is 11.3 Å². The zero-order valence-corrected chi connectivity index (χ0v) is 22.7. The molecule has 196 valence electrons. The summed E-state index contributed by atoms with van der Waals surface area (Å²) in [5.74, 6) is -1.24. The molecular weight excluding hydrogens is 494 g/mol. The molecule has 1 aromatic heterocycles. The minimum atomic E-state index is -1.02. The molecule has 1 amide bonds. The number of hydrogen-bond donors (Lipinski definition) is 2. The summed E-state index contributed by atoms with van der Waals surface area (Å²) in [4.78, 5) is 32.7. The number of thiazole rings is 1. The van der Waals surface area contributed by atoms with Gasteiger partial charge in [0.25, 0.3) is 5.91 Å². The number of rotatable bonds is 11. The summed E-state index contributed by atoms with van der Waals surface area (Å²) in [5.41, 5.74) is 4.74. The second-order valence-corrected chi connectivity index (χ2v) is 11.0. The first-order chi connectivity index (χ1) is 18.3. The minimum Gasteiger partial charge on any atom is -0.480 e. The second kappa shape index (κ2) is 12.5. The summed E-state index contributed by atoms with van der Waals surface area (Å²) in [6.07, 6.45) is 0.381. The van der Waals surface area contributed by atoms with Gasteiger partial charge < -0.3 is 15.3 Å². The van der Waals surface area contributed by atoms with E-state index >= 15 is 0 Å². The summed E-state index contributed by atoms with van der Waals surface area (Å²) in [6, 6.07) is 26.9. The monoisotopic (exact) mass is 527 g/mol. The number of nitrogens with zero attached hydrogens (tertiary/aromatic N) is 2. The Hall–Kier alpha value is -3.97. The molecular formula is C31H33N3O3S. The lowest BCUT2D eigenvalue weighted by Gasteiger charge is -2.22. The van der Waals surface area contributed by atoms with Gasteiger partial charge in [-0.3, -0.25) is 4.79 Å². The normalized spacial score (nSPS) is 11.8. The third-order valence-corrected chi connectivity index (χ3v) is 7.25. The first-order valence-electron chi connectivity index (χ1n) is 12.7. The van der Waals surface area contributed by atoms with Crippen molar-refractivity contribution in [3.63, 3.8) is 0 Å². The third-order valence-electron chi connectivity index (χ3n) is 6.22. The van der Waals surface area contributed by atoms with Crippen molar-refractivity contribution < 1.29 is 14.7 Å². The first kappa shape index (κ1) is 27.1. The van der Waals surface area contributed by atoms with E-state index in [1.54, 1.807) is 23.5 Å². The molecule has 0 aliphatic heterocycles. The molecule has 2 N–H and O–H groups in total. The number of anilines is 1. The van der Waals surface area contributed by atoms with Gasteiger partial charge in [-0.25, -0.2) is 9.78 Å². The van der Waals surface area contributed by atoms with Crippen LogP contribution in [0.5, 0.6) is 0 Å². The van der Waals surface area contributed by atoms with E-state index in [0.29, 0.717) is 25.1 Å². The standard InChI is InChI=1S/C31H33N3O3S/c1-21(2)18-27(30(36)37)32-29(35)26-16-14-24(15-17-26)20-34(19-23-10-6-4-7-11-23)31-33-28(22(3)38-31)25-12-8-5-9-13-25/h4-17,21,27H,18-20H2,1-3H3,(H,32,35)(H,36,37). The first-order valence-corrected chi connectivity index (χ1v) is 13.6. The van der Waals surface area contributed by atoms with Gasteiger partial charge in [0.1, 0.15) is 6.04 Å². The molecule has 0 aliphatic rings. The maximum Gasteiger partial charge on any atom is 0.326 e. The number of benzene rings is 3. The van der Waals surface area contributed by atoms with Crippen LogP contribution in [0.4, 0.5) is 5.13 Å². The van der Waals surface area contributed by atoms with Gasteiger partial charge >= 0.3 is 5.97 Å². The van der Waals surface area contributed by atoms with E-state index in [2.05, 4.69) is 41.4 Å². The Labute approximate surface area is 228 Å². The molecule has 1 unspecified atom stereocenters. The quantitative estimate of drug-likeness (QED) is 0.231. The number of aliphatic carboxylic acids is 1. The lowest BCUT2D eigenvalue weighted by molar-refractivity contribution is -0.139. The van der Waals surface area contributed by atoms with Crippen molar-refractivity contribution in [1.29, 1.82) is 0 Å². The van der Waals surface area contributed by atoms with E-state index in [1.165, 1.54) is 5.56 Å². The van der Waals surface area contributed by atoms with E-state index in [9.17, 15) is 14.7 Å². The highest BCUT2D eigenvalue weighted by molar-refractivity contribution is 7.16. The van der Waals surface area contributed by atoms with Crippen LogP contribution in [0.15, 0.2) is 84.9 Å². The molecule has 0 saturated carbocycles. The van der Waals surface area contributed by atoms with Crippen molar-refractivity contribution in [1.82, 2.24) is 10.3 Å². The molecule has 4 aromatic rings. The topological polar surface area (TPSA) is 82.5 Å². The van der Waals surface area contributed by atoms with Crippen molar-refractivity contribution in [3.05, 3.63) is 106 Å². The lowest BCUT2D eigenvalue weighted by Crippen LogP contribution is -2.41. The number of amides is 1. The molecule has 0 bridgehead atoms. The highest BCUT2D eigenvalue weighted by atomic mass is 32.1. The molecule has 38 heavy (non-hydrogen) atoms. The number of aromatic nitrogens is 1. The van der Waals surface area contributed by atoms with Crippen molar-refractivity contribution >= 4 is 28.3 Å². The van der Waals surface area contributed by atoms with Gasteiger partial charge in [0, 0.05) is 29.1 Å². The maximum absolute atomic E-state index is 12.7. The Morgan fingerprint density at radius 2 is 1.47 bits per heavy atom. The van der Waals surface area contributed by atoms with E-state index in [4.69, 9.17) is 4.98 Å². The Morgan fingerprint density at radius 3 is 2.05 bits per heavy atom. The van der Waals surface area contributed by atoms with Gasteiger partial charge in [-0.1, -0.05) is 86.6 Å². The van der Waals surface area contributed by atoms with E-state index in [-0.39, 0.29) is 11.8 Å². The van der Waals surface area contributed by atoms with Crippen LogP contribution < -0.4 is 10.2 Å². The third kappa shape index (κ3) is 7.07. The van der Waals surface area contributed by atoms with E-state index in [0.717, 1.165) is 26.8 Å². The van der Waals surface area contributed by atoms with Crippen LogP contribution in [-0.4, -0.2) is 28.0 Å². The number of carbonyl (C=O) groups is 2. The fraction of sp³-hybridized carbons (Fsp3) is 0.258. The molecule has 7 heteroatoms. The van der Waals surface area contributed by atoms with Gasteiger partial charge in [0.2, 0.25) is 0 Å². The molecule has 3 aromatic carbocycles. The molecule has 0 aliphatic carbocycles. The predicted octanol–water partition coefficient (Wildman–Crippen LogP) is 6.55. The fourth-order valence-electron chi connectivity index (χ4n) is 4.29. The molecule has 6 nitrogen and oxygen atoms in total. The van der Waals surface area contributed by atoms with E-state index < -0.39 is 12.0 Å². The van der Waals surface area contributed by atoms with Gasteiger partial charge in [-0.2, -0.15) is 0 Å². The molecule has 0 fully saturated rings. The van der Waals surface area contributed by atoms with Crippen LogP contribution in [0.3, 0.4) is 0 Å². The number of carbonyl (C=O) groups excluding carboxylic acids is 1. The predicted molar refractivity (Wildman–Crippen MR) is 153 cm³/mol. The van der Waals surface area contributed by atoms with Gasteiger partial charge in [-0.05, 0) is 42.5 Å². The van der Waals surface area contributed by atoms with Gasteiger partial charge in [0.15, 0.2) is 5.13 Å². The second-order valence-electron chi connectivity index (χ2n) is 9.80. The van der Waals surface area contributed by atoms with Gasteiger partial charge in [-0.15, -0.1) is 11.3 Å². The largest absolute Gasteiger partial charge is 0.480 e. The summed E-state index contributed by atoms with van der Waals surface area (Å²) in [7, 11) is 0. The van der Waals surface area contributed by atoms with Crippen molar-refractivity contribution in [3.8, 4) is 11.3 Å². The summed E-state index contributed by atoms with van der Waals surface area (Å²) < 4.78 is 0. The molecule has 0 saturated heterocycles. The number of carboxylic acid groups (broad SMARTS) is 1. The average Bonchev–Trinajstić information content (AvgIpc) is 3.30. The number of carboxylic acids is 1. The van der Waals surface area contributed by atoms with Crippen LogP contribution in [0, 0.1) is 12.8 Å². The van der Waals surface area contributed by atoms with Crippen LogP contribution in [0.2, 0.25) is 0 Å². The maximum atomic E-state index is 12.7. The highest BCUT2D eigenvalue weighted by Crippen LogP contribution is 2.34. The van der Waals surface area contributed by atoms with Crippen LogP contribution in [-0.2, 0) is 17.9 Å². The van der Waals surface area contributed by atoms with Crippen LogP contribution in [0.1, 0.15) is 46.6 Å². The highest BCUT2D eigenvalue weighted by Gasteiger charge is 2.22. The van der Waals surface area contributed by atoms with Crippen molar-refractivity contribution in [2.45, 2.75) is 46.3 Å². The Morgan fingerprint density at radius 1 is 0.895 bits per heavy atom. The zero-order chi connectivity index (χ0) is 27.1. The zero-order valence-electron chi connectivity index (χ0n) is 21.9. The smallest absolute Gasteiger partial charge is 0.326 e. The van der Waals surface area contributed by atoms with Crippen molar-refractivity contribution in [2.75, 3.05) is 4.90 Å². The van der Waals surface area contributed by atoms with Crippen LogP contribution >= 0.6 is 11.3 Å². The fourth-order valence-corrected chi connectivity index (χ4v) is 5.22. The Kier molecular flexibility index (Phi) is 8.92. The summed E-state index contributed by atoms with van der Waals surface area (Å²) >= 11 is 1.67. The molecule has 4 rings (SSSR count). The Bertz CT molecular complexity index is 1350. The molecule has 0 radical (unpaired) electrons. The van der Waals surface area contributed by atoms with Gasteiger partial charge in [0.05, 0.1) is 5.69 Å². The van der Waals surface area contributed by atoms with E-state index in [1.807, 2.05) is 62.4 Å². The number of aryl methyl sites for hydroxylation is 1. The van der Waals surface area contributed by atoms with Crippen molar-refractivity contribution in [2.24, 2.45) is 5.92 Å². The molecule has 0 spiro atoms. The number of nitrogens with one attached hydrogen (secondary N) is 1. The SMILES string of the molecule is Cc1sc(N(Cc2ccccc2)Cc2ccc(C(=O)NC(CC(C)C)C(=O)O)cc2)nc1-c1ccccc1. The lowest BCUT2D eigenvalue weighted by atomic mass is 10.0. The molecule has 1 heterocycles. The molecule has 1 atom stereocenters. The average molecular weight is 528 g/mol. The number of hydrogen-bond acceptors (Lipinski definition) is 5. The minimum absolute atomic E-state index is 0.159. The summed E-state index contributed by atoms with van der Waals surface area (Å²) in [6.45, 7) is 7.28.